The Labute approximate surface area is 144 Å². The number of benzene rings is 1. The number of likely N-dealkylation sites (N-methyl/N-ethyl adjacent to an activating group) is 1. The minimum absolute atomic E-state index is 0.202. The molecule has 1 atom stereocenters. The third-order valence-electron chi connectivity index (χ3n) is 4.80. The summed E-state index contributed by atoms with van der Waals surface area (Å²) in [6.07, 6.45) is 1.20. The monoisotopic (exact) mass is 338 g/mol. The lowest BCUT2D eigenvalue weighted by molar-refractivity contribution is -0.134. The molecule has 1 heterocycles. The van der Waals surface area contributed by atoms with Crippen LogP contribution in [-0.4, -0.2) is 53.5 Å². The summed E-state index contributed by atoms with van der Waals surface area (Å²) in [5, 5.41) is 11.2. The number of carbonyl (C=O) groups is 1. The van der Waals surface area contributed by atoms with E-state index >= 15 is 0 Å². The third kappa shape index (κ3) is 4.93. The number of halogens is 1. The molecule has 1 aliphatic rings. The second-order valence-electron chi connectivity index (χ2n) is 6.18. The number of likely N-dealkylation sites (tertiary alicyclic amines) is 1. The number of carbonyl (C=O) groups excluding carboxylic acids is 1. The van der Waals surface area contributed by atoms with Gasteiger partial charge in [0.1, 0.15) is 0 Å². The first-order valence-electron chi connectivity index (χ1n) is 8.48. The van der Waals surface area contributed by atoms with Crippen LogP contribution in [0.2, 0.25) is 5.02 Å². The molecule has 0 aliphatic carbocycles. The van der Waals surface area contributed by atoms with Crippen LogP contribution < -0.4 is 0 Å². The summed E-state index contributed by atoms with van der Waals surface area (Å²) in [5.41, 5.74) is 0.905. The van der Waals surface area contributed by atoms with Crippen LogP contribution in [0.5, 0.6) is 0 Å². The van der Waals surface area contributed by atoms with Crippen molar-refractivity contribution in [3.8, 4) is 0 Å². The summed E-state index contributed by atoms with van der Waals surface area (Å²) in [6, 6.07) is 7.38. The van der Waals surface area contributed by atoms with Gasteiger partial charge in [0.25, 0.3) is 0 Å². The van der Waals surface area contributed by atoms with Crippen LogP contribution in [0, 0.1) is 5.92 Å². The van der Waals surface area contributed by atoms with Crippen molar-refractivity contribution in [2.45, 2.75) is 32.8 Å². The zero-order valence-corrected chi connectivity index (χ0v) is 14.8. The molecule has 0 spiro atoms. The Hall–Kier alpha value is -1.10. The molecular formula is C18H27ClN2O2. The quantitative estimate of drug-likeness (QED) is 0.867. The highest BCUT2D eigenvalue weighted by molar-refractivity contribution is 6.30. The minimum atomic E-state index is -0.479. The highest BCUT2D eigenvalue weighted by atomic mass is 35.5. The number of aliphatic hydroxyl groups is 1. The maximum absolute atomic E-state index is 12.3. The molecule has 0 saturated carbocycles. The molecule has 4 nitrogen and oxygen atoms in total. The Bertz CT molecular complexity index is 494. The molecule has 0 bridgehead atoms. The number of nitrogens with zero attached hydrogens (tertiary/aromatic N) is 2. The number of rotatable bonds is 6. The topological polar surface area (TPSA) is 43.8 Å². The number of aliphatic hydroxyl groups excluding tert-OH is 1. The second-order valence-corrected chi connectivity index (χ2v) is 6.61. The third-order valence-corrected chi connectivity index (χ3v) is 5.06. The number of hydrogen-bond acceptors (Lipinski definition) is 3. The van der Waals surface area contributed by atoms with Gasteiger partial charge in [0, 0.05) is 18.1 Å². The molecule has 1 aromatic rings. The molecule has 128 valence electrons. The van der Waals surface area contributed by atoms with Crippen LogP contribution in [0.25, 0.3) is 0 Å². The molecule has 1 amide bonds. The zero-order valence-electron chi connectivity index (χ0n) is 14.0. The highest BCUT2D eigenvalue weighted by Gasteiger charge is 2.28. The van der Waals surface area contributed by atoms with E-state index in [1.807, 2.05) is 29.2 Å². The van der Waals surface area contributed by atoms with Crippen LogP contribution in [-0.2, 0) is 4.79 Å². The Morgan fingerprint density at radius 2 is 1.83 bits per heavy atom. The van der Waals surface area contributed by atoms with Gasteiger partial charge >= 0.3 is 0 Å². The van der Waals surface area contributed by atoms with Crippen molar-refractivity contribution in [2.75, 3.05) is 32.7 Å². The van der Waals surface area contributed by atoms with Crippen LogP contribution >= 0.6 is 11.6 Å². The predicted octanol–water partition coefficient (Wildman–Crippen LogP) is 2.95. The highest BCUT2D eigenvalue weighted by Crippen LogP contribution is 2.31. The molecule has 1 N–H and O–H groups in total. The maximum atomic E-state index is 12.3. The van der Waals surface area contributed by atoms with Gasteiger partial charge in [0.2, 0.25) is 5.91 Å². The van der Waals surface area contributed by atoms with E-state index in [9.17, 15) is 9.90 Å². The largest absolute Gasteiger partial charge is 0.388 e. The van der Waals surface area contributed by atoms with Gasteiger partial charge in [0.15, 0.2) is 0 Å². The van der Waals surface area contributed by atoms with E-state index in [-0.39, 0.29) is 11.8 Å². The van der Waals surface area contributed by atoms with Crippen LogP contribution in [0.15, 0.2) is 24.3 Å². The lowest BCUT2D eigenvalue weighted by Crippen LogP contribution is -2.44. The van der Waals surface area contributed by atoms with E-state index < -0.39 is 6.10 Å². The number of amides is 1. The van der Waals surface area contributed by atoms with E-state index in [0.29, 0.717) is 11.6 Å². The van der Waals surface area contributed by atoms with Crippen LogP contribution in [0.1, 0.15) is 38.4 Å². The van der Waals surface area contributed by atoms with Crippen LogP contribution in [0.3, 0.4) is 0 Å². The summed E-state index contributed by atoms with van der Waals surface area (Å²) in [4.78, 5) is 16.4. The van der Waals surface area contributed by atoms with E-state index in [1.165, 1.54) is 0 Å². The molecule has 1 saturated heterocycles. The zero-order chi connectivity index (χ0) is 16.8. The van der Waals surface area contributed by atoms with Gasteiger partial charge in [-0.2, -0.15) is 0 Å². The van der Waals surface area contributed by atoms with Crippen molar-refractivity contribution >= 4 is 17.5 Å². The summed E-state index contributed by atoms with van der Waals surface area (Å²) in [6.45, 7) is 7.90. The Balaban J connectivity index is 1.85. The standard InChI is InChI=1S/C18H27ClN2O2/c1-3-20(4-2)13-17(22)21-11-9-15(10-12-21)18(23)14-5-7-16(19)8-6-14/h5-8,15,18,23H,3-4,9-13H2,1-2H3. The van der Waals surface area contributed by atoms with Gasteiger partial charge < -0.3 is 10.0 Å². The lowest BCUT2D eigenvalue weighted by Gasteiger charge is -2.35. The van der Waals surface area contributed by atoms with Gasteiger partial charge in [-0.05, 0) is 49.5 Å². The van der Waals surface area contributed by atoms with Crippen molar-refractivity contribution in [1.82, 2.24) is 9.80 Å². The van der Waals surface area contributed by atoms with Gasteiger partial charge in [-0.3, -0.25) is 9.69 Å². The van der Waals surface area contributed by atoms with E-state index in [4.69, 9.17) is 11.6 Å². The normalized spacial score (nSPS) is 17.5. The molecule has 23 heavy (non-hydrogen) atoms. The summed E-state index contributed by atoms with van der Waals surface area (Å²) >= 11 is 5.89. The van der Waals surface area contributed by atoms with Gasteiger partial charge in [-0.15, -0.1) is 0 Å². The van der Waals surface area contributed by atoms with Crippen molar-refractivity contribution in [1.29, 1.82) is 0 Å². The molecular weight excluding hydrogens is 312 g/mol. The van der Waals surface area contributed by atoms with Crippen molar-refractivity contribution in [3.63, 3.8) is 0 Å². The molecule has 1 aromatic carbocycles. The lowest BCUT2D eigenvalue weighted by atomic mass is 9.87. The van der Waals surface area contributed by atoms with Gasteiger partial charge in [-0.1, -0.05) is 37.6 Å². The fourth-order valence-electron chi connectivity index (χ4n) is 3.14. The first-order valence-corrected chi connectivity index (χ1v) is 8.86. The first-order chi connectivity index (χ1) is 11.0. The molecule has 0 aromatic heterocycles. The second kappa shape index (κ2) is 8.67. The fourth-order valence-corrected chi connectivity index (χ4v) is 3.26. The molecule has 5 heteroatoms. The minimum Gasteiger partial charge on any atom is -0.388 e. The van der Waals surface area contributed by atoms with Crippen molar-refractivity contribution in [2.24, 2.45) is 5.92 Å². The average molecular weight is 339 g/mol. The van der Waals surface area contributed by atoms with E-state index in [2.05, 4.69) is 18.7 Å². The predicted molar refractivity (Wildman–Crippen MR) is 93.5 cm³/mol. The van der Waals surface area contributed by atoms with Crippen molar-refractivity contribution < 1.29 is 9.90 Å². The maximum Gasteiger partial charge on any atom is 0.236 e. The first kappa shape index (κ1) is 18.2. The SMILES string of the molecule is CCN(CC)CC(=O)N1CCC(C(O)c2ccc(Cl)cc2)CC1. The molecule has 0 radical (unpaired) electrons. The summed E-state index contributed by atoms with van der Waals surface area (Å²) in [5.74, 6) is 0.404. The molecule has 1 unspecified atom stereocenters. The fraction of sp³-hybridized carbons (Fsp3) is 0.611. The summed E-state index contributed by atoms with van der Waals surface area (Å²) in [7, 11) is 0. The summed E-state index contributed by atoms with van der Waals surface area (Å²) < 4.78 is 0. The average Bonchev–Trinajstić information content (AvgIpc) is 2.59. The van der Waals surface area contributed by atoms with Crippen LogP contribution in [0.4, 0.5) is 0 Å². The number of piperidine rings is 1. The van der Waals surface area contributed by atoms with E-state index in [1.54, 1.807) is 0 Å². The van der Waals surface area contributed by atoms with Gasteiger partial charge in [-0.25, -0.2) is 0 Å². The number of hydrogen-bond donors (Lipinski definition) is 1. The van der Waals surface area contributed by atoms with Crippen molar-refractivity contribution in [3.05, 3.63) is 34.9 Å². The van der Waals surface area contributed by atoms with Gasteiger partial charge in [0.05, 0.1) is 12.6 Å². The van der Waals surface area contributed by atoms with E-state index in [0.717, 1.165) is 44.6 Å². The molecule has 1 aliphatic heterocycles. The molecule has 2 rings (SSSR count). The Kier molecular flexibility index (Phi) is 6.88. The Morgan fingerprint density at radius 3 is 2.35 bits per heavy atom. The molecule has 1 fully saturated rings. The Morgan fingerprint density at radius 1 is 1.26 bits per heavy atom. The smallest absolute Gasteiger partial charge is 0.236 e.